The second-order valence-corrected chi connectivity index (χ2v) is 8.05. The van der Waals surface area contributed by atoms with Gasteiger partial charge in [-0.05, 0) is 38.5 Å². The van der Waals surface area contributed by atoms with Gasteiger partial charge < -0.3 is 5.32 Å². The van der Waals surface area contributed by atoms with Crippen molar-refractivity contribution in [2.75, 3.05) is 5.32 Å². The monoisotopic (exact) mass is 420 g/mol. The van der Waals surface area contributed by atoms with Crippen molar-refractivity contribution in [3.05, 3.63) is 93.5 Å². The highest BCUT2D eigenvalue weighted by Crippen LogP contribution is 2.27. The number of rotatable bonds is 5. The van der Waals surface area contributed by atoms with E-state index in [9.17, 15) is 9.18 Å². The predicted octanol–water partition coefficient (Wildman–Crippen LogP) is 5.24. The Morgan fingerprint density at radius 2 is 1.73 bits per heavy atom. The van der Waals surface area contributed by atoms with E-state index in [1.807, 2.05) is 32.0 Å². The number of carbonyl (C=O) groups is 1. The summed E-state index contributed by atoms with van der Waals surface area (Å²) in [4.78, 5) is 17.7. The van der Waals surface area contributed by atoms with Crippen LogP contribution in [-0.2, 0) is 6.42 Å². The number of carbonyl (C=O) groups excluding carboxylic acids is 1. The Morgan fingerprint density at radius 3 is 2.47 bits per heavy atom. The van der Waals surface area contributed by atoms with Crippen LogP contribution < -0.4 is 5.32 Å². The molecule has 0 radical (unpaired) electrons. The third-order valence-electron chi connectivity index (χ3n) is 4.96. The molecule has 0 aliphatic rings. The van der Waals surface area contributed by atoms with Gasteiger partial charge in [0.15, 0.2) is 0 Å². The van der Waals surface area contributed by atoms with E-state index in [0.717, 1.165) is 23.4 Å². The summed E-state index contributed by atoms with van der Waals surface area (Å²) in [6.07, 6.45) is 0.781. The molecular formula is C23H21FN4OS. The number of aryl methyl sites for hydroxylation is 2. The van der Waals surface area contributed by atoms with Crippen molar-refractivity contribution in [3.8, 4) is 5.13 Å². The van der Waals surface area contributed by atoms with Crippen LogP contribution in [0.4, 0.5) is 10.1 Å². The average molecular weight is 421 g/mol. The quantitative estimate of drug-likeness (QED) is 0.481. The van der Waals surface area contributed by atoms with Gasteiger partial charge in [-0.15, -0.1) is 0 Å². The Bertz CT molecular complexity index is 1210. The standard InChI is InChI=1S/C23H21FN4OS/c1-14-18(13-17-9-5-4-6-10-17)16(3)28(27-14)23-25-15(2)21(30-23)22(29)26-20-12-8-7-11-19(20)24/h4-12H,13H2,1-3H3,(H,26,29). The van der Waals surface area contributed by atoms with Crippen LogP contribution in [0.5, 0.6) is 0 Å². The molecule has 4 rings (SSSR count). The van der Waals surface area contributed by atoms with Crippen LogP contribution in [0.15, 0.2) is 54.6 Å². The minimum absolute atomic E-state index is 0.146. The molecule has 30 heavy (non-hydrogen) atoms. The fraction of sp³-hybridized carbons (Fsp3) is 0.174. The lowest BCUT2D eigenvalue weighted by Gasteiger charge is -2.04. The lowest BCUT2D eigenvalue weighted by atomic mass is 10.0. The summed E-state index contributed by atoms with van der Waals surface area (Å²) in [6.45, 7) is 5.76. The van der Waals surface area contributed by atoms with E-state index in [4.69, 9.17) is 0 Å². The molecular weight excluding hydrogens is 399 g/mol. The molecule has 5 nitrogen and oxygen atoms in total. The van der Waals surface area contributed by atoms with Crippen LogP contribution in [-0.4, -0.2) is 20.7 Å². The van der Waals surface area contributed by atoms with E-state index >= 15 is 0 Å². The molecule has 1 amide bonds. The molecule has 152 valence electrons. The van der Waals surface area contributed by atoms with Gasteiger partial charge in [-0.1, -0.05) is 53.8 Å². The normalized spacial score (nSPS) is 10.9. The molecule has 0 aliphatic heterocycles. The molecule has 0 atom stereocenters. The number of halogens is 1. The highest BCUT2D eigenvalue weighted by atomic mass is 32.1. The summed E-state index contributed by atoms with van der Waals surface area (Å²) in [5, 5.41) is 7.90. The van der Waals surface area contributed by atoms with E-state index in [0.29, 0.717) is 15.7 Å². The summed E-state index contributed by atoms with van der Waals surface area (Å²) < 4.78 is 15.7. The zero-order chi connectivity index (χ0) is 21.3. The van der Waals surface area contributed by atoms with E-state index in [1.165, 1.54) is 29.0 Å². The molecule has 0 saturated carbocycles. The molecule has 4 aromatic rings. The number of hydrogen-bond acceptors (Lipinski definition) is 4. The first-order valence-electron chi connectivity index (χ1n) is 9.56. The molecule has 0 unspecified atom stereocenters. The Morgan fingerprint density at radius 1 is 1.03 bits per heavy atom. The van der Waals surface area contributed by atoms with Crippen LogP contribution in [0, 0.1) is 26.6 Å². The van der Waals surface area contributed by atoms with Crippen molar-refractivity contribution in [2.45, 2.75) is 27.2 Å². The molecule has 0 fully saturated rings. The van der Waals surface area contributed by atoms with Crippen LogP contribution in [0.3, 0.4) is 0 Å². The molecule has 1 N–H and O–H groups in total. The lowest BCUT2D eigenvalue weighted by molar-refractivity contribution is 0.102. The second kappa shape index (κ2) is 8.20. The van der Waals surface area contributed by atoms with Gasteiger partial charge in [-0.2, -0.15) is 5.10 Å². The first kappa shape index (κ1) is 20.0. The highest BCUT2D eigenvalue weighted by molar-refractivity contribution is 7.16. The maximum atomic E-state index is 13.9. The third-order valence-corrected chi connectivity index (χ3v) is 6.09. The molecule has 0 saturated heterocycles. The minimum atomic E-state index is -0.475. The number of benzene rings is 2. The maximum absolute atomic E-state index is 13.9. The van der Waals surface area contributed by atoms with Gasteiger partial charge in [-0.25, -0.2) is 14.1 Å². The topological polar surface area (TPSA) is 59.8 Å². The van der Waals surface area contributed by atoms with E-state index in [1.54, 1.807) is 23.7 Å². The molecule has 7 heteroatoms. The number of hydrogen-bond donors (Lipinski definition) is 1. The van der Waals surface area contributed by atoms with Crippen LogP contribution >= 0.6 is 11.3 Å². The summed E-state index contributed by atoms with van der Waals surface area (Å²) in [6, 6.07) is 16.3. The van der Waals surface area contributed by atoms with Gasteiger partial charge in [0.05, 0.1) is 17.1 Å². The first-order chi connectivity index (χ1) is 14.4. The minimum Gasteiger partial charge on any atom is -0.319 e. The van der Waals surface area contributed by atoms with Crippen LogP contribution in [0.2, 0.25) is 0 Å². The fourth-order valence-corrected chi connectivity index (χ4v) is 4.31. The van der Waals surface area contributed by atoms with Gasteiger partial charge in [0, 0.05) is 17.7 Å². The van der Waals surface area contributed by atoms with Crippen molar-refractivity contribution < 1.29 is 9.18 Å². The largest absolute Gasteiger partial charge is 0.319 e. The van der Waals surface area contributed by atoms with Crippen molar-refractivity contribution in [1.29, 1.82) is 0 Å². The Labute approximate surface area is 178 Å². The van der Waals surface area contributed by atoms with E-state index in [2.05, 4.69) is 27.5 Å². The van der Waals surface area contributed by atoms with Gasteiger partial charge in [-0.3, -0.25) is 4.79 Å². The van der Waals surface area contributed by atoms with Crippen LogP contribution in [0.25, 0.3) is 5.13 Å². The van der Waals surface area contributed by atoms with Crippen molar-refractivity contribution in [2.24, 2.45) is 0 Å². The van der Waals surface area contributed by atoms with E-state index < -0.39 is 5.82 Å². The van der Waals surface area contributed by atoms with Gasteiger partial charge >= 0.3 is 0 Å². The molecule has 0 bridgehead atoms. The molecule has 2 heterocycles. The predicted molar refractivity (Wildman–Crippen MR) is 117 cm³/mol. The summed E-state index contributed by atoms with van der Waals surface area (Å²) in [5.74, 6) is -0.857. The Kier molecular flexibility index (Phi) is 5.46. The third kappa shape index (κ3) is 3.89. The highest BCUT2D eigenvalue weighted by Gasteiger charge is 2.21. The number of para-hydroxylation sites is 1. The smallest absolute Gasteiger partial charge is 0.267 e. The maximum Gasteiger partial charge on any atom is 0.267 e. The van der Waals surface area contributed by atoms with Gasteiger partial charge in [0.25, 0.3) is 5.91 Å². The molecule has 2 aromatic heterocycles. The number of nitrogens with zero attached hydrogens (tertiary/aromatic N) is 3. The van der Waals surface area contributed by atoms with Crippen molar-refractivity contribution in [3.63, 3.8) is 0 Å². The van der Waals surface area contributed by atoms with Crippen molar-refractivity contribution >= 4 is 22.9 Å². The molecule has 2 aromatic carbocycles. The molecule has 0 aliphatic carbocycles. The van der Waals surface area contributed by atoms with Gasteiger partial charge in [0.1, 0.15) is 10.7 Å². The number of amides is 1. The SMILES string of the molecule is Cc1nc(-n2nc(C)c(Cc3ccccc3)c2C)sc1C(=O)Nc1ccccc1F. The molecule has 0 spiro atoms. The summed E-state index contributed by atoms with van der Waals surface area (Å²) in [5.41, 5.74) is 5.01. The van der Waals surface area contributed by atoms with Crippen molar-refractivity contribution in [1.82, 2.24) is 14.8 Å². The Hall–Kier alpha value is -3.32. The number of nitrogens with one attached hydrogen (secondary N) is 1. The van der Waals surface area contributed by atoms with Gasteiger partial charge in [0.2, 0.25) is 5.13 Å². The Balaban J connectivity index is 1.62. The number of anilines is 1. The van der Waals surface area contributed by atoms with E-state index in [-0.39, 0.29) is 11.6 Å². The summed E-state index contributed by atoms with van der Waals surface area (Å²) in [7, 11) is 0. The second-order valence-electron chi connectivity index (χ2n) is 7.07. The number of thiazole rings is 1. The lowest BCUT2D eigenvalue weighted by Crippen LogP contribution is -2.12. The fourth-order valence-electron chi connectivity index (χ4n) is 3.34. The zero-order valence-electron chi connectivity index (χ0n) is 16.9. The summed E-state index contributed by atoms with van der Waals surface area (Å²) >= 11 is 1.24. The average Bonchev–Trinajstić information content (AvgIpc) is 3.25. The van der Waals surface area contributed by atoms with Crippen LogP contribution in [0.1, 0.15) is 37.9 Å². The zero-order valence-corrected chi connectivity index (χ0v) is 17.8. The number of aromatic nitrogens is 3. The first-order valence-corrected chi connectivity index (χ1v) is 10.4.